The monoisotopic (exact) mass is 509 g/mol. The van der Waals surface area contributed by atoms with E-state index >= 15 is 0 Å². The first-order valence-electron chi connectivity index (χ1n) is 7.75. The maximum atomic E-state index is 6.09. The third kappa shape index (κ3) is 7.67. The molecule has 0 saturated heterocycles. The lowest BCUT2D eigenvalue weighted by Crippen LogP contribution is -2.24. The minimum Gasteiger partial charge on any atom is -0.380 e. The fourth-order valence-electron chi connectivity index (χ4n) is 2.15. The average Bonchev–Trinajstić information content (AvgIpc) is 2.58. The molecule has 5 nitrogen and oxygen atoms in total. The van der Waals surface area contributed by atoms with E-state index in [4.69, 9.17) is 38.4 Å². The number of rotatable bonds is 8. The Kier molecular flexibility index (Phi) is 10.9. The van der Waals surface area contributed by atoms with Crippen LogP contribution in [-0.2, 0) is 22.7 Å². The molecular weight excluding hydrogens is 488 g/mol. The summed E-state index contributed by atoms with van der Waals surface area (Å²) in [5.41, 5.74) is 8.68. The lowest BCUT2D eigenvalue weighted by molar-refractivity contribution is 0.128. The summed E-state index contributed by atoms with van der Waals surface area (Å²) in [4.78, 5) is 4.25. The van der Waals surface area contributed by atoms with Crippen molar-refractivity contribution >= 4 is 58.8 Å². The molecule has 2 aromatic carbocycles. The number of benzene rings is 2. The maximum absolute atomic E-state index is 6.09. The van der Waals surface area contributed by atoms with Gasteiger partial charge in [0.05, 0.1) is 26.4 Å². The van der Waals surface area contributed by atoms with E-state index < -0.39 is 0 Å². The summed E-state index contributed by atoms with van der Waals surface area (Å²) < 4.78 is 10.7. The molecule has 0 radical (unpaired) electrons. The standard InChI is InChI=1S/C18H21Cl2N3O2.HI/c1-24-11-14-4-2-3-5-17(14)23-18(21)22-8-9-25-12-13-6-7-15(19)10-16(13)20;/h2-7,10H,8-9,11-12H2,1H3,(H3,21,22,23);1H. The molecule has 3 N–H and O–H groups in total. The van der Waals surface area contributed by atoms with Crippen molar-refractivity contribution in [3.8, 4) is 0 Å². The van der Waals surface area contributed by atoms with Gasteiger partial charge in [-0.2, -0.15) is 0 Å². The lowest BCUT2D eigenvalue weighted by Gasteiger charge is -2.11. The number of aliphatic imine (C=N–C) groups is 1. The van der Waals surface area contributed by atoms with Crippen LogP contribution in [0.5, 0.6) is 0 Å². The van der Waals surface area contributed by atoms with Gasteiger partial charge in [0.15, 0.2) is 5.96 Å². The molecule has 2 rings (SSSR count). The van der Waals surface area contributed by atoms with Gasteiger partial charge < -0.3 is 20.5 Å². The van der Waals surface area contributed by atoms with Crippen LogP contribution in [0.2, 0.25) is 10.0 Å². The largest absolute Gasteiger partial charge is 0.380 e. The van der Waals surface area contributed by atoms with Gasteiger partial charge in [-0.1, -0.05) is 47.5 Å². The summed E-state index contributed by atoms with van der Waals surface area (Å²) in [6.07, 6.45) is 0. The molecule has 0 heterocycles. The van der Waals surface area contributed by atoms with E-state index in [-0.39, 0.29) is 24.0 Å². The molecule has 0 amide bonds. The van der Waals surface area contributed by atoms with Crippen molar-refractivity contribution in [3.05, 3.63) is 63.6 Å². The molecule has 0 unspecified atom stereocenters. The minimum atomic E-state index is 0. The number of nitrogens with two attached hydrogens (primary N) is 1. The summed E-state index contributed by atoms with van der Waals surface area (Å²) in [7, 11) is 1.65. The second-order valence-corrected chi connectivity index (χ2v) is 6.11. The second-order valence-electron chi connectivity index (χ2n) is 5.27. The molecule has 0 aromatic heterocycles. The first-order chi connectivity index (χ1) is 12.1. The molecule has 0 atom stereocenters. The lowest BCUT2D eigenvalue weighted by atomic mass is 10.2. The number of para-hydroxylation sites is 1. The molecule has 0 saturated carbocycles. The summed E-state index contributed by atoms with van der Waals surface area (Å²) in [5.74, 6) is 0.330. The van der Waals surface area contributed by atoms with Gasteiger partial charge in [-0.05, 0) is 23.8 Å². The fourth-order valence-corrected chi connectivity index (χ4v) is 2.62. The number of methoxy groups -OCH3 is 1. The van der Waals surface area contributed by atoms with Crippen LogP contribution in [0.25, 0.3) is 0 Å². The summed E-state index contributed by atoms with van der Waals surface area (Å²) >= 11 is 12.0. The van der Waals surface area contributed by atoms with Crippen LogP contribution in [0.3, 0.4) is 0 Å². The topological polar surface area (TPSA) is 68.9 Å². The number of hydrogen-bond donors (Lipinski definition) is 2. The van der Waals surface area contributed by atoms with Crippen molar-refractivity contribution in [2.75, 3.05) is 25.6 Å². The predicted octanol–water partition coefficient (Wildman–Crippen LogP) is 4.70. The SMILES string of the molecule is COCc1ccccc1NC(N)=NCCOCc1ccc(Cl)cc1Cl.I. The third-order valence-electron chi connectivity index (χ3n) is 3.37. The molecule has 0 aliphatic carbocycles. The van der Waals surface area contributed by atoms with E-state index in [0.29, 0.717) is 42.4 Å². The zero-order valence-corrected chi connectivity index (χ0v) is 18.2. The Labute approximate surface area is 180 Å². The van der Waals surface area contributed by atoms with Crippen molar-refractivity contribution in [1.82, 2.24) is 0 Å². The van der Waals surface area contributed by atoms with Crippen molar-refractivity contribution in [2.45, 2.75) is 13.2 Å². The first-order valence-corrected chi connectivity index (χ1v) is 8.51. The Hall–Kier alpha value is -1.06. The quantitative estimate of drug-likeness (QED) is 0.234. The zero-order chi connectivity index (χ0) is 18.1. The first kappa shape index (κ1) is 23.0. The van der Waals surface area contributed by atoms with E-state index in [0.717, 1.165) is 16.8 Å². The van der Waals surface area contributed by atoms with Crippen LogP contribution < -0.4 is 11.1 Å². The molecule has 2 aromatic rings. The highest BCUT2D eigenvalue weighted by atomic mass is 127. The normalized spacial score (nSPS) is 11.1. The van der Waals surface area contributed by atoms with Gasteiger partial charge in [-0.15, -0.1) is 24.0 Å². The number of hydrogen-bond acceptors (Lipinski definition) is 3. The second kappa shape index (κ2) is 12.3. The Morgan fingerprint density at radius 1 is 1.12 bits per heavy atom. The highest BCUT2D eigenvalue weighted by Crippen LogP contribution is 2.21. The molecule has 0 bridgehead atoms. The summed E-state index contributed by atoms with van der Waals surface area (Å²) in [5, 5.41) is 4.27. The van der Waals surface area contributed by atoms with Crippen molar-refractivity contribution < 1.29 is 9.47 Å². The summed E-state index contributed by atoms with van der Waals surface area (Å²) in [6, 6.07) is 13.1. The predicted molar refractivity (Wildman–Crippen MR) is 119 cm³/mol. The van der Waals surface area contributed by atoms with Crippen LogP contribution in [0.1, 0.15) is 11.1 Å². The molecule has 26 heavy (non-hydrogen) atoms. The minimum absolute atomic E-state index is 0. The Morgan fingerprint density at radius 3 is 2.62 bits per heavy atom. The molecule has 0 aliphatic heterocycles. The molecule has 142 valence electrons. The van der Waals surface area contributed by atoms with E-state index in [1.165, 1.54) is 0 Å². The van der Waals surface area contributed by atoms with Gasteiger partial charge in [0.1, 0.15) is 0 Å². The number of nitrogens with zero attached hydrogens (tertiary/aromatic N) is 1. The van der Waals surface area contributed by atoms with Crippen LogP contribution in [0, 0.1) is 0 Å². The number of nitrogens with one attached hydrogen (secondary N) is 1. The van der Waals surface area contributed by atoms with Gasteiger partial charge in [0, 0.05) is 28.4 Å². The fraction of sp³-hybridized carbons (Fsp3) is 0.278. The van der Waals surface area contributed by atoms with Gasteiger partial charge in [0.2, 0.25) is 0 Å². The zero-order valence-electron chi connectivity index (χ0n) is 14.4. The van der Waals surface area contributed by atoms with Gasteiger partial charge >= 0.3 is 0 Å². The highest BCUT2D eigenvalue weighted by molar-refractivity contribution is 14.0. The Morgan fingerprint density at radius 2 is 1.88 bits per heavy atom. The molecule has 0 fully saturated rings. The smallest absolute Gasteiger partial charge is 0.193 e. The van der Waals surface area contributed by atoms with Crippen LogP contribution >= 0.6 is 47.2 Å². The van der Waals surface area contributed by atoms with Gasteiger partial charge in [-0.25, -0.2) is 0 Å². The number of guanidine groups is 1. The van der Waals surface area contributed by atoms with Crippen molar-refractivity contribution in [1.29, 1.82) is 0 Å². The molecule has 0 spiro atoms. The number of ether oxygens (including phenoxy) is 2. The Bertz CT molecular complexity index is 729. The van der Waals surface area contributed by atoms with Crippen LogP contribution in [0.15, 0.2) is 47.5 Å². The molecule has 0 aliphatic rings. The summed E-state index contributed by atoms with van der Waals surface area (Å²) in [6.45, 7) is 1.77. The van der Waals surface area contributed by atoms with E-state index in [2.05, 4.69) is 10.3 Å². The van der Waals surface area contributed by atoms with E-state index in [9.17, 15) is 0 Å². The average molecular weight is 510 g/mol. The van der Waals surface area contributed by atoms with E-state index in [1.54, 1.807) is 19.2 Å². The number of halogens is 3. The van der Waals surface area contributed by atoms with Crippen LogP contribution in [0.4, 0.5) is 5.69 Å². The molecular formula is C18H22Cl2IN3O2. The highest BCUT2D eigenvalue weighted by Gasteiger charge is 2.03. The number of anilines is 1. The maximum Gasteiger partial charge on any atom is 0.193 e. The van der Waals surface area contributed by atoms with Crippen LogP contribution in [-0.4, -0.2) is 26.2 Å². The van der Waals surface area contributed by atoms with Gasteiger partial charge in [-0.3, -0.25) is 4.99 Å². The van der Waals surface area contributed by atoms with Crippen molar-refractivity contribution in [3.63, 3.8) is 0 Å². The molecule has 8 heteroatoms. The van der Waals surface area contributed by atoms with E-state index in [1.807, 2.05) is 30.3 Å². The van der Waals surface area contributed by atoms with Gasteiger partial charge in [0.25, 0.3) is 0 Å². The van der Waals surface area contributed by atoms with Crippen molar-refractivity contribution in [2.24, 2.45) is 10.7 Å². The third-order valence-corrected chi connectivity index (χ3v) is 3.96. The Balaban J connectivity index is 0.00000338.